The van der Waals surface area contributed by atoms with E-state index in [1.54, 1.807) is 20.3 Å². The van der Waals surface area contributed by atoms with Crippen LogP contribution in [0.4, 0.5) is 0 Å². The third-order valence-corrected chi connectivity index (χ3v) is 6.05. The average Bonchev–Trinajstić information content (AvgIpc) is 3.17. The monoisotopic (exact) mass is 484 g/mol. The van der Waals surface area contributed by atoms with Gasteiger partial charge in [0.05, 0.1) is 27.2 Å². The zero-order chi connectivity index (χ0) is 24.6. The van der Waals surface area contributed by atoms with Crippen LogP contribution < -0.4 is 20.1 Å². The molecule has 0 radical (unpaired) electrons. The Hall–Kier alpha value is -3.69. The van der Waals surface area contributed by atoms with Crippen LogP contribution in [0.1, 0.15) is 48.9 Å². The standard InChI is InChI=1S/C25H32N4O6/c1-32-19-11-16(12-20(15-19)33-2)17(14-24(30)31)13-23-28-22(29-35-23)6-3-5-18-7-8-21-25(27-18)26-9-4-10-34-21/h7-8,11-12,15,17-18,26-27H,3-6,9-10,13-14H2,1-2H3,(H,30,31). The summed E-state index contributed by atoms with van der Waals surface area (Å²) in [5.41, 5.74) is 0.781. The summed E-state index contributed by atoms with van der Waals surface area (Å²) in [5.74, 6) is 2.78. The number of aromatic nitrogens is 2. The van der Waals surface area contributed by atoms with Crippen molar-refractivity contribution in [1.82, 2.24) is 20.8 Å². The maximum atomic E-state index is 11.5. The van der Waals surface area contributed by atoms with Crippen LogP contribution in [0, 0.1) is 0 Å². The Kier molecular flexibility index (Phi) is 8.12. The van der Waals surface area contributed by atoms with Gasteiger partial charge in [-0.1, -0.05) is 11.2 Å². The van der Waals surface area contributed by atoms with Crippen LogP contribution in [0.25, 0.3) is 0 Å². The Morgan fingerprint density at radius 3 is 2.80 bits per heavy atom. The molecule has 0 saturated carbocycles. The van der Waals surface area contributed by atoms with Crippen molar-refractivity contribution < 1.29 is 28.6 Å². The smallest absolute Gasteiger partial charge is 0.303 e. The van der Waals surface area contributed by atoms with E-state index in [0.717, 1.165) is 49.6 Å². The lowest BCUT2D eigenvalue weighted by Gasteiger charge is -2.23. The van der Waals surface area contributed by atoms with Gasteiger partial charge in [0.1, 0.15) is 17.3 Å². The van der Waals surface area contributed by atoms with E-state index in [1.807, 2.05) is 18.2 Å². The van der Waals surface area contributed by atoms with Gasteiger partial charge >= 0.3 is 5.97 Å². The summed E-state index contributed by atoms with van der Waals surface area (Å²) < 4.78 is 21.9. The number of methoxy groups -OCH3 is 2. The van der Waals surface area contributed by atoms with Gasteiger partial charge in [-0.15, -0.1) is 0 Å². The number of nitrogens with zero attached hydrogens (tertiary/aromatic N) is 2. The summed E-state index contributed by atoms with van der Waals surface area (Å²) in [6.45, 7) is 1.62. The Balaban J connectivity index is 1.34. The molecule has 3 N–H and O–H groups in total. The second-order valence-electron chi connectivity index (χ2n) is 8.62. The van der Waals surface area contributed by atoms with Gasteiger partial charge in [-0.2, -0.15) is 4.98 Å². The van der Waals surface area contributed by atoms with Crippen LogP contribution in [-0.4, -0.2) is 54.6 Å². The SMILES string of the molecule is COc1cc(OC)cc(C(CC(=O)O)Cc2nc(CCCC3C=CC4=C(NCCCO4)N3)no2)c1. The van der Waals surface area contributed by atoms with Crippen molar-refractivity contribution in [3.8, 4) is 11.5 Å². The van der Waals surface area contributed by atoms with Crippen LogP contribution in [-0.2, 0) is 22.4 Å². The molecular weight excluding hydrogens is 452 g/mol. The van der Waals surface area contributed by atoms with E-state index in [-0.39, 0.29) is 18.4 Å². The lowest BCUT2D eigenvalue weighted by Crippen LogP contribution is -2.36. The van der Waals surface area contributed by atoms with Crippen molar-refractivity contribution >= 4 is 5.97 Å². The maximum Gasteiger partial charge on any atom is 0.303 e. The minimum absolute atomic E-state index is 0.0801. The fraction of sp³-hybridized carbons (Fsp3) is 0.480. The highest BCUT2D eigenvalue weighted by atomic mass is 16.5. The Bertz CT molecular complexity index is 1060. The van der Waals surface area contributed by atoms with Gasteiger partial charge in [-0.25, -0.2) is 0 Å². The number of nitrogens with one attached hydrogen (secondary N) is 2. The molecule has 2 aromatic rings. The summed E-state index contributed by atoms with van der Waals surface area (Å²) in [4.78, 5) is 16.0. The topological polar surface area (TPSA) is 128 Å². The number of carbonyl (C=O) groups is 1. The molecular formula is C25H32N4O6. The van der Waals surface area contributed by atoms with E-state index < -0.39 is 5.97 Å². The van der Waals surface area contributed by atoms with Crippen molar-refractivity contribution in [2.45, 2.75) is 50.5 Å². The highest BCUT2D eigenvalue weighted by molar-refractivity contribution is 5.68. The number of carboxylic acids is 1. The summed E-state index contributed by atoms with van der Waals surface area (Å²) in [7, 11) is 3.12. The van der Waals surface area contributed by atoms with E-state index in [4.69, 9.17) is 18.7 Å². The van der Waals surface area contributed by atoms with Crippen LogP contribution in [0.15, 0.2) is 46.5 Å². The Labute approximate surface area is 204 Å². The first-order chi connectivity index (χ1) is 17.0. The highest BCUT2D eigenvalue weighted by Crippen LogP contribution is 2.31. The predicted molar refractivity (Wildman–Crippen MR) is 127 cm³/mol. The number of ether oxygens (including phenoxy) is 3. The Morgan fingerprint density at radius 2 is 2.06 bits per heavy atom. The van der Waals surface area contributed by atoms with E-state index in [9.17, 15) is 9.90 Å². The van der Waals surface area contributed by atoms with Crippen molar-refractivity contribution in [3.63, 3.8) is 0 Å². The molecule has 0 fully saturated rings. The first-order valence-corrected chi connectivity index (χ1v) is 11.9. The van der Waals surface area contributed by atoms with Gasteiger partial charge < -0.3 is 34.5 Å². The number of aryl methyl sites for hydroxylation is 1. The molecule has 10 nitrogen and oxygen atoms in total. The fourth-order valence-electron chi connectivity index (χ4n) is 4.24. The van der Waals surface area contributed by atoms with Gasteiger partial charge in [0.2, 0.25) is 5.89 Å². The normalized spacial score (nSPS) is 17.9. The number of rotatable bonds is 11. The molecule has 1 aromatic heterocycles. The summed E-state index contributed by atoms with van der Waals surface area (Å²) in [6, 6.07) is 5.58. The van der Waals surface area contributed by atoms with Crippen LogP contribution in [0.3, 0.4) is 0 Å². The van der Waals surface area contributed by atoms with E-state index in [2.05, 4.69) is 26.9 Å². The van der Waals surface area contributed by atoms with E-state index in [0.29, 0.717) is 36.1 Å². The summed E-state index contributed by atoms with van der Waals surface area (Å²) in [5, 5.41) is 20.4. The van der Waals surface area contributed by atoms with Crippen molar-refractivity contribution in [2.24, 2.45) is 0 Å². The molecule has 3 heterocycles. The minimum Gasteiger partial charge on any atom is -0.497 e. The number of benzene rings is 1. The van der Waals surface area contributed by atoms with E-state index in [1.165, 1.54) is 0 Å². The first kappa shape index (κ1) is 24.4. The molecule has 0 amide bonds. The summed E-state index contributed by atoms with van der Waals surface area (Å²) in [6.07, 6.45) is 7.80. The Morgan fingerprint density at radius 1 is 1.26 bits per heavy atom. The number of hydrogen-bond acceptors (Lipinski definition) is 9. The molecule has 0 spiro atoms. The second kappa shape index (κ2) is 11.6. The van der Waals surface area contributed by atoms with Crippen molar-refractivity contribution in [3.05, 3.63) is 59.2 Å². The molecule has 10 heteroatoms. The van der Waals surface area contributed by atoms with Crippen molar-refractivity contribution in [2.75, 3.05) is 27.4 Å². The van der Waals surface area contributed by atoms with E-state index >= 15 is 0 Å². The molecule has 188 valence electrons. The lowest BCUT2D eigenvalue weighted by atomic mass is 9.92. The predicted octanol–water partition coefficient (Wildman–Crippen LogP) is 2.92. The molecule has 0 saturated heterocycles. The number of dihydropyridines is 1. The molecule has 2 aliphatic rings. The molecule has 2 aliphatic heterocycles. The first-order valence-electron chi connectivity index (χ1n) is 11.9. The van der Waals surface area contributed by atoms with Crippen LogP contribution >= 0.6 is 0 Å². The van der Waals surface area contributed by atoms with Gasteiger partial charge in [0, 0.05) is 37.4 Å². The molecule has 2 atom stereocenters. The molecule has 35 heavy (non-hydrogen) atoms. The summed E-state index contributed by atoms with van der Waals surface area (Å²) >= 11 is 0. The number of hydrogen-bond donors (Lipinski definition) is 3. The van der Waals surface area contributed by atoms with Crippen molar-refractivity contribution in [1.29, 1.82) is 0 Å². The largest absolute Gasteiger partial charge is 0.497 e. The maximum absolute atomic E-state index is 11.5. The zero-order valence-corrected chi connectivity index (χ0v) is 20.1. The van der Waals surface area contributed by atoms with Gasteiger partial charge in [0.15, 0.2) is 11.6 Å². The highest BCUT2D eigenvalue weighted by Gasteiger charge is 2.22. The van der Waals surface area contributed by atoms with Gasteiger partial charge in [0.25, 0.3) is 0 Å². The van der Waals surface area contributed by atoms with Gasteiger partial charge in [-0.3, -0.25) is 4.79 Å². The average molecular weight is 485 g/mol. The molecule has 0 bridgehead atoms. The van der Waals surface area contributed by atoms with Gasteiger partial charge in [-0.05, 0) is 43.0 Å². The zero-order valence-electron chi connectivity index (χ0n) is 20.1. The van der Waals surface area contributed by atoms with Crippen LogP contribution in [0.2, 0.25) is 0 Å². The second-order valence-corrected chi connectivity index (χ2v) is 8.62. The third kappa shape index (κ3) is 6.68. The number of carboxylic acid groups (broad SMARTS) is 1. The molecule has 4 rings (SSSR count). The number of allylic oxidation sites excluding steroid dienone is 1. The fourth-order valence-corrected chi connectivity index (χ4v) is 4.24. The lowest BCUT2D eigenvalue weighted by molar-refractivity contribution is -0.137. The quantitative estimate of drug-likeness (QED) is 0.438. The third-order valence-electron chi connectivity index (χ3n) is 6.05. The molecule has 0 aliphatic carbocycles. The molecule has 2 unspecified atom stereocenters. The molecule has 1 aromatic carbocycles. The number of aliphatic carboxylic acids is 1. The minimum atomic E-state index is -0.906. The van der Waals surface area contributed by atoms with Crippen LogP contribution in [0.5, 0.6) is 11.5 Å².